The van der Waals surface area contributed by atoms with Crippen molar-refractivity contribution in [2.75, 3.05) is 11.9 Å². The lowest BCUT2D eigenvalue weighted by Gasteiger charge is -2.24. The number of fused-ring (bicyclic) bond motifs is 1. The van der Waals surface area contributed by atoms with Crippen LogP contribution in [-0.2, 0) is 16.6 Å². The molecule has 1 N–H and O–H groups in total. The molecule has 2 atom stereocenters. The van der Waals surface area contributed by atoms with Crippen molar-refractivity contribution in [3.05, 3.63) is 22.7 Å². The Kier molecular flexibility index (Phi) is 4.06. The first-order valence-electron chi connectivity index (χ1n) is 8.66. The number of aryl methyl sites for hydroxylation is 1. The molecule has 2 heterocycles. The third-order valence-electron chi connectivity index (χ3n) is 5.40. The minimum Gasteiger partial charge on any atom is -0.339 e. The molecular formula is C18H21BrN4O2. The Morgan fingerprint density at radius 2 is 2.16 bits per heavy atom. The van der Waals surface area contributed by atoms with Crippen molar-refractivity contribution >= 4 is 44.7 Å². The molecule has 0 radical (unpaired) electrons. The van der Waals surface area contributed by atoms with E-state index in [9.17, 15) is 9.59 Å². The number of nitrogens with one attached hydrogen (secondary N) is 1. The maximum Gasteiger partial charge on any atom is 0.232 e. The average molecular weight is 405 g/mol. The van der Waals surface area contributed by atoms with Crippen LogP contribution in [0.25, 0.3) is 11.0 Å². The van der Waals surface area contributed by atoms with Gasteiger partial charge in [-0.15, -0.1) is 0 Å². The van der Waals surface area contributed by atoms with E-state index in [2.05, 4.69) is 33.2 Å². The molecule has 0 bridgehead atoms. The zero-order valence-electron chi connectivity index (χ0n) is 14.3. The smallest absolute Gasteiger partial charge is 0.232 e. The fourth-order valence-electron chi connectivity index (χ4n) is 3.63. The summed E-state index contributed by atoms with van der Waals surface area (Å²) < 4.78 is 2.81. The highest BCUT2D eigenvalue weighted by atomic mass is 79.9. The predicted molar refractivity (Wildman–Crippen MR) is 99.0 cm³/mol. The van der Waals surface area contributed by atoms with Gasteiger partial charge in [-0.1, -0.05) is 15.9 Å². The van der Waals surface area contributed by atoms with Gasteiger partial charge in [-0.3, -0.25) is 14.9 Å². The van der Waals surface area contributed by atoms with Crippen molar-refractivity contribution in [2.45, 2.75) is 32.2 Å². The number of halogens is 1. The summed E-state index contributed by atoms with van der Waals surface area (Å²) in [5.74, 6) is 0.785. The Bertz CT molecular complexity index is 858. The maximum absolute atomic E-state index is 12.7. The summed E-state index contributed by atoms with van der Waals surface area (Å²) in [5, 5.41) is 2.90. The summed E-state index contributed by atoms with van der Waals surface area (Å²) in [7, 11) is 1.88. The molecular weight excluding hydrogens is 384 g/mol. The predicted octanol–water partition coefficient (Wildman–Crippen LogP) is 2.92. The third-order valence-corrected chi connectivity index (χ3v) is 5.90. The molecule has 1 aromatic heterocycles. The SMILES string of the molecule is CC(C1CC1)N1CC(C(=O)Nc2nc3cc(Br)ccc3n2C)CC1=O. The van der Waals surface area contributed by atoms with Gasteiger partial charge in [0.1, 0.15) is 0 Å². The number of carbonyl (C=O) groups is 2. The van der Waals surface area contributed by atoms with Gasteiger partial charge in [-0.25, -0.2) is 4.98 Å². The van der Waals surface area contributed by atoms with Gasteiger partial charge in [0.05, 0.1) is 17.0 Å². The second-order valence-electron chi connectivity index (χ2n) is 7.14. The van der Waals surface area contributed by atoms with Crippen LogP contribution in [0, 0.1) is 11.8 Å². The number of likely N-dealkylation sites (tertiary alicyclic amines) is 1. The highest BCUT2D eigenvalue weighted by Gasteiger charge is 2.41. The average Bonchev–Trinajstić information content (AvgIpc) is 3.29. The third kappa shape index (κ3) is 3.05. The lowest BCUT2D eigenvalue weighted by atomic mass is 10.1. The van der Waals surface area contributed by atoms with Crippen LogP contribution in [0.3, 0.4) is 0 Å². The number of hydrogen-bond acceptors (Lipinski definition) is 3. The van der Waals surface area contributed by atoms with Crippen LogP contribution in [0.5, 0.6) is 0 Å². The van der Waals surface area contributed by atoms with E-state index in [1.165, 1.54) is 12.8 Å². The van der Waals surface area contributed by atoms with E-state index in [4.69, 9.17) is 0 Å². The van der Waals surface area contributed by atoms with Gasteiger partial charge in [0.15, 0.2) is 0 Å². The molecule has 1 saturated carbocycles. The number of anilines is 1. The van der Waals surface area contributed by atoms with Crippen molar-refractivity contribution in [3.8, 4) is 0 Å². The van der Waals surface area contributed by atoms with E-state index < -0.39 is 0 Å². The first-order valence-corrected chi connectivity index (χ1v) is 9.45. The molecule has 4 rings (SSSR count). The fourth-order valence-corrected chi connectivity index (χ4v) is 3.98. The lowest BCUT2D eigenvalue weighted by molar-refractivity contribution is -0.130. The zero-order valence-corrected chi connectivity index (χ0v) is 15.9. The molecule has 2 unspecified atom stereocenters. The lowest BCUT2D eigenvalue weighted by Crippen LogP contribution is -2.36. The highest BCUT2D eigenvalue weighted by Crippen LogP contribution is 2.37. The van der Waals surface area contributed by atoms with Gasteiger partial charge in [0.2, 0.25) is 17.8 Å². The first-order chi connectivity index (χ1) is 11.9. The maximum atomic E-state index is 12.7. The summed E-state index contributed by atoms with van der Waals surface area (Å²) in [5.41, 5.74) is 1.77. The van der Waals surface area contributed by atoms with Crippen LogP contribution in [-0.4, -0.2) is 38.9 Å². The number of rotatable bonds is 4. The van der Waals surface area contributed by atoms with E-state index in [-0.39, 0.29) is 23.8 Å². The van der Waals surface area contributed by atoms with Gasteiger partial charge in [-0.05, 0) is 43.9 Å². The first kappa shape index (κ1) is 16.6. The Labute approximate surface area is 154 Å². The van der Waals surface area contributed by atoms with Crippen molar-refractivity contribution < 1.29 is 9.59 Å². The van der Waals surface area contributed by atoms with Crippen molar-refractivity contribution in [1.29, 1.82) is 0 Å². The minimum absolute atomic E-state index is 0.0912. The zero-order chi connectivity index (χ0) is 17.7. The molecule has 6 nitrogen and oxygen atoms in total. The van der Waals surface area contributed by atoms with Crippen LogP contribution in [0.2, 0.25) is 0 Å². The molecule has 1 saturated heterocycles. The second-order valence-corrected chi connectivity index (χ2v) is 8.06. The van der Waals surface area contributed by atoms with Crippen LogP contribution < -0.4 is 5.32 Å². The normalized spacial score (nSPS) is 21.8. The van der Waals surface area contributed by atoms with E-state index >= 15 is 0 Å². The van der Waals surface area contributed by atoms with Crippen LogP contribution in [0.15, 0.2) is 22.7 Å². The van der Waals surface area contributed by atoms with Crippen molar-refractivity contribution in [2.24, 2.45) is 18.9 Å². The van der Waals surface area contributed by atoms with Crippen LogP contribution in [0.4, 0.5) is 5.95 Å². The quantitative estimate of drug-likeness (QED) is 0.851. The molecule has 2 aromatic rings. The van der Waals surface area contributed by atoms with Gasteiger partial charge >= 0.3 is 0 Å². The Balaban J connectivity index is 1.49. The standard InChI is InChI=1S/C18H21BrN4O2/c1-10(11-3-4-11)23-9-12(7-16(23)24)17(25)21-18-20-14-8-13(19)5-6-15(14)22(18)2/h5-6,8,10-12H,3-4,7,9H2,1-2H3,(H,20,21,25). The van der Waals surface area contributed by atoms with Gasteiger partial charge < -0.3 is 9.47 Å². The highest BCUT2D eigenvalue weighted by molar-refractivity contribution is 9.10. The summed E-state index contributed by atoms with van der Waals surface area (Å²) in [4.78, 5) is 31.3. The van der Waals surface area contributed by atoms with Crippen molar-refractivity contribution in [1.82, 2.24) is 14.5 Å². The second kappa shape index (κ2) is 6.12. The molecule has 2 amide bonds. The molecule has 1 aromatic carbocycles. The largest absolute Gasteiger partial charge is 0.339 e. The number of amides is 2. The Morgan fingerprint density at radius 1 is 1.40 bits per heavy atom. The molecule has 1 aliphatic carbocycles. The minimum atomic E-state index is -0.305. The van der Waals surface area contributed by atoms with Gasteiger partial charge in [-0.2, -0.15) is 0 Å². The number of hydrogen-bond donors (Lipinski definition) is 1. The molecule has 2 fully saturated rings. The summed E-state index contributed by atoms with van der Waals surface area (Å²) in [6.45, 7) is 2.61. The number of nitrogens with zero attached hydrogens (tertiary/aromatic N) is 3. The molecule has 25 heavy (non-hydrogen) atoms. The van der Waals surface area contributed by atoms with E-state index in [1.54, 1.807) is 0 Å². The number of aromatic nitrogens is 2. The van der Waals surface area contributed by atoms with Crippen LogP contribution in [0.1, 0.15) is 26.2 Å². The number of carbonyl (C=O) groups excluding carboxylic acids is 2. The van der Waals surface area contributed by atoms with E-state index in [0.717, 1.165) is 15.5 Å². The summed E-state index contributed by atoms with van der Waals surface area (Å²) in [6.07, 6.45) is 2.67. The Hall–Kier alpha value is -1.89. The molecule has 0 spiro atoms. The monoisotopic (exact) mass is 404 g/mol. The van der Waals surface area contributed by atoms with Gasteiger partial charge in [0, 0.05) is 30.5 Å². The number of benzene rings is 1. The molecule has 1 aliphatic heterocycles. The van der Waals surface area contributed by atoms with E-state index in [1.807, 2.05) is 34.7 Å². The van der Waals surface area contributed by atoms with Crippen molar-refractivity contribution in [3.63, 3.8) is 0 Å². The molecule has 132 valence electrons. The summed E-state index contributed by atoms with van der Waals surface area (Å²) >= 11 is 3.43. The molecule has 7 heteroatoms. The Morgan fingerprint density at radius 3 is 2.88 bits per heavy atom. The number of imidazole rings is 1. The summed E-state index contributed by atoms with van der Waals surface area (Å²) in [6, 6.07) is 6.07. The topological polar surface area (TPSA) is 67.2 Å². The molecule has 2 aliphatic rings. The fraction of sp³-hybridized carbons (Fsp3) is 0.500. The van der Waals surface area contributed by atoms with Gasteiger partial charge in [0.25, 0.3) is 0 Å². The van der Waals surface area contributed by atoms with E-state index in [0.29, 0.717) is 24.8 Å². The van der Waals surface area contributed by atoms with Crippen LogP contribution >= 0.6 is 15.9 Å².